The van der Waals surface area contributed by atoms with Crippen molar-refractivity contribution in [2.45, 2.75) is 13.0 Å². The van der Waals surface area contributed by atoms with Crippen LogP contribution in [0.1, 0.15) is 6.92 Å². The van der Waals surface area contributed by atoms with Gasteiger partial charge < -0.3 is 0 Å². The average molecular weight is 223 g/mol. The fourth-order valence-electron chi connectivity index (χ4n) is 0.825. The predicted octanol–water partition coefficient (Wildman–Crippen LogP) is 0.775. The van der Waals surface area contributed by atoms with Crippen molar-refractivity contribution < 1.29 is 13.0 Å². The van der Waals surface area contributed by atoms with Gasteiger partial charge in [0.15, 0.2) is 0 Å². The van der Waals surface area contributed by atoms with E-state index >= 15 is 0 Å². The summed E-state index contributed by atoms with van der Waals surface area (Å²) in [5, 5.41) is 11.1. The lowest BCUT2D eigenvalue weighted by atomic mass is 10.4. The largest absolute Gasteiger partial charge is 0.285 e. The van der Waals surface area contributed by atoms with Crippen LogP contribution in [-0.2, 0) is 10.1 Å². The minimum Gasteiger partial charge on any atom is -0.285 e. The third-order valence-electron chi connectivity index (χ3n) is 1.28. The molecule has 0 radical (unpaired) electrons. The predicted molar refractivity (Wildman–Crippen MR) is 50.6 cm³/mol. The average Bonchev–Trinajstić information content (AvgIpc) is 2.34. The van der Waals surface area contributed by atoms with Crippen molar-refractivity contribution in [1.29, 1.82) is 0 Å². The Morgan fingerprint density at radius 2 is 2.31 bits per heavy atom. The Hall–Kier alpha value is -0.470. The van der Waals surface area contributed by atoms with Crippen molar-refractivity contribution in [3.63, 3.8) is 0 Å². The van der Waals surface area contributed by atoms with Crippen LogP contribution in [-0.4, -0.2) is 35.6 Å². The minimum absolute atomic E-state index is 0.442. The van der Waals surface area contributed by atoms with Gasteiger partial charge in [-0.05, 0) is 11.0 Å². The Bertz CT molecular complexity index is 335. The highest BCUT2D eigenvalue weighted by Gasteiger charge is 2.25. The van der Waals surface area contributed by atoms with E-state index in [9.17, 15) is 8.42 Å². The first kappa shape index (κ1) is 10.6. The summed E-state index contributed by atoms with van der Waals surface area (Å²) in [6.45, 7) is 1.91. The van der Waals surface area contributed by atoms with Crippen LogP contribution in [0.5, 0.6) is 0 Å². The molecule has 1 rings (SSSR count). The zero-order chi connectivity index (χ0) is 9.90. The summed E-state index contributed by atoms with van der Waals surface area (Å²) in [6.07, 6.45) is 0. The molecule has 1 N–H and O–H groups in total. The molecule has 0 aromatic rings. The van der Waals surface area contributed by atoms with Crippen molar-refractivity contribution in [2.75, 3.05) is 11.5 Å². The molecule has 0 aromatic carbocycles. The van der Waals surface area contributed by atoms with Gasteiger partial charge in [-0.2, -0.15) is 13.5 Å². The van der Waals surface area contributed by atoms with E-state index in [4.69, 9.17) is 4.55 Å². The van der Waals surface area contributed by atoms with Gasteiger partial charge in [0.1, 0.15) is 16.8 Å². The van der Waals surface area contributed by atoms with E-state index in [0.717, 1.165) is 5.75 Å². The van der Waals surface area contributed by atoms with Gasteiger partial charge in [0.05, 0.1) is 0 Å². The van der Waals surface area contributed by atoms with E-state index in [1.807, 2.05) is 6.92 Å². The Morgan fingerprint density at radius 1 is 1.62 bits per heavy atom. The molecule has 0 bridgehead atoms. The molecule has 1 unspecified atom stereocenters. The van der Waals surface area contributed by atoms with Crippen molar-refractivity contribution in [2.24, 2.45) is 15.4 Å². The van der Waals surface area contributed by atoms with Gasteiger partial charge in [-0.1, -0.05) is 6.92 Å². The summed E-state index contributed by atoms with van der Waals surface area (Å²) in [4.78, 5) is 0. The number of hydrogen-bond acceptors (Lipinski definition) is 6. The van der Waals surface area contributed by atoms with E-state index < -0.39 is 21.9 Å². The Labute approximate surface area is 80.3 Å². The molecule has 0 aliphatic carbocycles. The highest BCUT2D eigenvalue weighted by Crippen LogP contribution is 2.17. The maximum atomic E-state index is 10.5. The normalized spacial score (nSPS) is 22.0. The van der Waals surface area contributed by atoms with Gasteiger partial charge in [-0.25, -0.2) is 0 Å². The molecule has 0 fully saturated rings. The molecule has 74 valence electrons. The second-order valence-electron chi connectivity index (χ2n) is 2.34. The van der Waals surface area contributed by atoms with Gasteiger partial charge in [-0.15, -0.1) is 16.9 Å². The van der Waals surface area contributed by atoms with Crippen LogP contribution in [0, 0.1) is 0 Å². The van der Waals surface area contributed by atoms with E-state index in [-0.39, 0.29) is 0 Å². The molecule has 8 heteroatoms. The summed E-state index contributed by atoms with van der Waals surface area (Å²) in [7, 11) is -4.01. The van der Waals surface area contributed by atoms with Gasteiger partial charge >= 0.3 is 0 Å². The van der Waals surface area contributed by atoms with Gasteiger partial charge in [0.2, 0.25) is 0 Å². The monoisotopic (exact) mass is 223 g/mol. The van der Waals surface area contributed by atoms with E-state index in [2.05, 4.69) is 15.4 Å². The van der Waals surface area contributed by atoms with Crippen LogP contribution in [0.3, 0.4) is 0 Å². The molecule has 1 atom stereocenters. The van der Waals surface area contributed by atoms with Crippen LogP contribution >= 0.6 is 11.8 Å². The third kappa shape index (κ3) is 3.41. The molecule has 0 saturated heterocycles. The van der Waals surface area contributed by atoms with Crippen molar-refractivity contribution in [3.8, 4) is 0 Å². The van der Waals surface area contributed by atoms with Crippen LogP contribution < -0.4 is 0 Å². The Balaban J connectivity index is 2.62. The molecule has 1 aliphatic heterocycles. The second-order valence-corrected chi connectivity index (χ2v) is 5.12. The van der Waals surface area contributed by atoms with Crippen molar-refractivity contribution in [1.82, 2.24) is 0 Å². The Kier molecular flexibility index (Phi) is 3.40. The minimum atomic E-state index is -4.01. The van der Waals surface area contributed by atoms with Crippen molar-refractivity contribution in [3.05, 3.63) is 0 Å². The SMILES string of the molecule is CCSC1=NN=NC1CS(=O)(=O)O. The van der Waals surface area contributed by atoms with Crippen LogP contribution in [0.2, 0.25) is 0 Å². The molecule has 0 amide bonds. The topological polar surface area (TPSA) is 91.5 Å². The van der Waals surface area contributed by atoms with E-state index in [1.165, 1.54) is 11.8 Å². The first-order chi connectivity index (χ1) is 6.03. The fraction of sp³-hybridized carbons (Fsp3) is 0.800. The zero-order valence-corrected chi connectivity index (χ0v) is 8.55. The smallest absolute Gasteiger partial charge is 0.267 e. The van der Waals surface area contributed by atoms with Gasteiger partial charge in [-0.3, -0.25) is 4.55 Å². The summed E-state index contributed by atoms with van der Waals surface area (Å²) in [5.74, 6) is 0.328. The van der Waals surface area contributed by atoms with Crippen LogP contribution in [0.4, 0.5) is 0 Å². The first-order valence-corrected chi connectivity index (χ1v) is 6.18. The number of thioether (sulfide) groups is 1. The third-order valence-corrected chi connectivity index (χ3v) is 2.96. The molecule has 6 nitrogen and oxygen atoms in total. The second kappa shape index (κ2) is 4.16. The molecule has 13 heavy (non-hydrogen) atoms. The molecule has 1 aliphatic rings. The van der Waals surface area contributed by atoms with Crippen LogP contribution in [0.25, 0.3) is 0 Å². The summed E-state index contributed by atoms with van der Waals surface area (Å²) in [6, 6.07) is -0.625. The van der Waals surface area contributed by atoms with Crippen LogP contribution in [0.15, 0.2) is 15.4 Å². The highest BCUT2D eigenvalue weighted by molar-refractivity contribution is 8.14. The number of rotatable bonds is 3. The Morgan fingerprint density at radius 3 is 2.85 bits per heavy atom. The van der Waals surface area contributed by atoms with Gasteiger partial charge in [0, 0.05) is 0 Å². The molecule has 0 aromatic heterocycles. The number of nitrogens with zero attached hydrogens (tertiary/aromatic N) is 3. The lowest BCUT2D eigenvalue weighted by Gasteiger charge is -2.04. The van der Waals surface area contributed by atoms with Crippen molar-refractivity contribution >= 4 is 26.9 Å². The van der Waals surface area contributed by atoms with E-state index in [1.54, 1.807) is 0 Å². The molecule has 0 saturated carbocycles. The molecular formula is C5H9N3O3S2. The molecule has 1 heterocycles. The summed E-state index contributed by atoms with van der Waals surface area (Å²) in [5.41, 5.74) is 0. The maximum absolute atomic E-state index is 10.5. The van der Waals surface area contributed by atoms with Gasteiger partial charge in [0.25, 0.3) is 10.1 Å². The zero-order valence-electron chi connectivity index (χ0n) is 6.91. The highest BCUT2D eigenvalue weighted by atomic mass is 32.2. The summed E-state index contributed by atoms with van der Waals surface area (Å²) < 4.78 is 29.6. The number of hydrogen-bond donors (Lipinski definition) is 1. The standard InChI is InChI=1S/C5H9N3O3S2/c1-2-12-5-4(6-8-7-5)3-13(9,10)11/h4H,2-3H2,1H3,(H,9,10,11). The fourth-order valence-corrected chi connectivity index (χ4v) is 2.27. The van der Waals surface area contributed by atoms with E-state index in [0.29, 0.717) is 5.04 Å². The summed E-state index contributed by atoms with van der Waals surface area (Å²) >= 11 is 1.37. The quantitative estimate of drug-likeness (QED) is 0.715. The molecular weight excluding hydrogens is 214 g/mol. The first-order valence-electron chi connectivity index (χ1n) is 3.58. The maximum Gasteiger partial charge on any atom is 0.267 e. The molecule has 0 spiro atoms. The lowest BCUT2D eigenvalue weighted by molar-refractivity contribution is 0.481. The lowest BCUT2D eigenvalue weighted by Crippen LogP contribution is -2.23.